The molecule has 0 spiro atoms. The number of hydrogen-bond acceptors (Lipinski definition) is 5. The van der Waals surface area contributed by atoms with Crippen LogP contribution < -0.4 is 5.32 Å². The molecule has 0 saturated carbocycles. The lowest BCUT2D eigenvalue weighted by Gasteiger charge is -2.08. The van der Waals surface area contributed by atoms with Crippen LogP contribution in [0, 0.1) is 5.92 Å². The average molecular weight is 277 g/mol. The lowest BCUT2D eigenvalue weighted by atomic mass is 10.0. The average Bonchev–Trinajstić information content (AvgIpc) is 3.06. The van der Waals surface area contributed by atoms with Gasteiger partial charge in [-0.05, 0) is 30.0 Å². The van der Waals surface area contributed by atoms with Crippen molar-refractivity contribution in [1.82, 2.24) is 14.1 Å². The second-order valence-corrected chi connectivity index (χ2v) is 5.33. The summed E-state index contributed by atoms with van der Waals surface area (Å²) in [6.45, 7) is 2.04. The van der Waals surface area contributed by atoms with Gasteiger partial charge in [0.05, 0.1) is 11.7 Å². The van der Waals surface area contributed by atoms with E-state index in [4.69, 9.17) is 4.74 Å². The zero-order chi connectivity index (χ0) is 13.1. The highest BCUT2D eigenvalue weighted by Gasteiger charge is 2.18. The van der Waals surface area contributed by atoms with Gasteiger partial charge in [0.2, 0.25) is 5.91 Å². The first-order chi connectivity index (χ1) is 9.31. The molecule has 100 valence electrons. The molecule has 2 heterocycles. The molecular weight excluding hydrogens is 262 g/mol. The third kappa shape index (κ3) is 3.08. The molecule has 0 bridgehead atoms. The second kappa shape index (κ2) is 5.63. The topological polar surface area (TPSA) is 64.1 Å². The van der Waals surface area contributed by atoms with Gasteiger partial charge in [0, 0.05) is 26.2 Å². The molecule has 1 N–H and O–H groups in total. The molecule has 1 aromatic heterocycles. The van der Waals surface area contributed by atoms with Crippen molar-refractivity contribution < 1.29 is 9.53 Å². The fraction of sp³-hybridized carbons (Fsp3) is 0.462. The number of nitrogens with one attached hydrogen (secondary N) is 1. The molecule has 0 aliphatic carbocycles. The molecule has 1 unspecified atom stereocenters. The molecule has 5 nitrogen and oxygen atoms in total. The molecule has 1 aliphatic heterocycles. The van der Waals surface area contributed by atoms with E-state index >= 15 is 0 Å². The van der Waals surface area contributed by atoms with Crippen molar-refractivity contribution in [3.8, 4) is 0 Å². The standard InChI is InChI=1S/C13H15N3O2S/c17-13(6-10-3-4-18-8-10)14-7-9-1-2-11-12(5-9)16-19-15-11/h1-2,5,10H,3-4,6-8H2,(H,14,17). The molecule has 19 heavy (non-hydrogen) atoms. The van der Waals surface area contributed by atoms with Crippen LogP contribution in [0.4, 0.5) is 0 Å². The maximum atomic E-state index is 11.8. The Balaban J connectivity index is 1.54. The Labute approximate surface area is 115 Å². The molecule has 1 saturated heterocycles. The van der Waals surface area contributed by atoms with Gasteiger partial charge in [0.1, 0.15) is 11.0 Å². The normalized spacial score (nSPS) is 18.8. The van der Waals surface area contributed by atoms with Gasteiger partial charge in [-0.3, -0.25) is 4.79 Å². The molecule has 0 radical (unpaired) electrons. The van der Waals surface area contributed by atoms with Crippen molar-refractivity contribution in [2.75, 3.05) is 13.2 Å². The Morgan fingerprint density at radius 3 is 3.16 bits per heavy atom. The summed E-state index contributed by atoms with van der Waals surface area (Å²) in [5.74, 6) is 0.470. The highest BCUT2D eigenvalue weighted by atomic mass is 32.1. The zero-order valence-electron chi connectivity index (χ0n) is 10.5. The Hall–Kier alpha value is -1.53. The quantitative estimate of drug-likeness (QED) is 0.924. The van der Waals surface area contributed by atoms with E-state index in [1.807, 2.05) is 18.2 Å². The highest BCUT2D eigenvalue weighted by molar-refractivity contribution is 7.00. The molecule has 3 rings (SSSR count). The summed E-state index contributed by atoms with van der Waals surface area (Å²) < 4.78 is 13.6. The zero-order valence-corrected chi connectivity index (χ0v) is 11.3. The number of fused-ring (bicyclic) bond motifs is 1. The summed E-state index contributed by atoms with van der Waals surface area (Å²) in [6.07, 6.45) is 1.55. The van der Waals surface area contributed by atoms with E-state index in [0.717, 1.165) is 29.6 Å². The number of hydrogen-bond donors (Lipinski definition) is 1. The highest BCUT2D eigenvalue weighted by Crippen LogP contribution is 2.16. The number of amides is 1. The number of rotatable bonds is 4. The van der Waals surface area contributed by atoms with E-state index in [-0.39, 0.29) is 5.91 Å². The monoisotopic (exact) mass is 277 g/mol. The Morgan fingerprint density at radius 2 is 2.32 bits per heavy atom. The van der Waals surface area contributed by atoms with Crippen LogP contribution in [0.1, 0.15) is 18.4 Å². The molecular formula is C13H15N3O2S. The first-order valence-electron chi connectivity index (χ1n) is 6.37. The lowest BCUT2D eigenvalue weighted by Crippen LogP contribution is -2.25. The number of carbonyl (C=O) groups is 1. The van der Waals surface area contributed by atoms with E-state index in [9.17, 15) is 4.79 Å². The van der Waals surface area contributed by atoms with Crippen molar-refractivity contribution in [3.05, 3.63) is 23.8 Å². The minimum Gasteiger partial charge on any atom is -0.381 e. The molecule has 1 aromatic carbocycles. The van der Waals surface area contributed by atoms with Gasteiger partial charge in [-0.15, -0.1) is 0 Å². The molecule has 1 amide bonds. The smallest absolute Gasteiger partial charge is 0.220 e. The molecule has 1 atom stereocenters. The van der Waals surface area contributed by atoms with Crippen molar-refractivity contribution >= 4 is 28.7 Å². The van der Waals surface area contributed by atoms with Crippen molar-refractivity contribution in [2.45, 2.75) is 19.4 Å². The van der Waals surface area contributed by atoms with E-state index in [1.165, 1.54) is 11.7 Å². The Bertz CT molecular complexity index is 578. The first kappa shape index (κ1) is 12.5. The number of nitrogens with zero attached hydrogens (tertiary/aromatic N) is 2. The molecule has 1 fully saturated rings. The fourth-order valence-corrected chi connectivity index (χ4v) is 2.73. The Morgan fingerprint density at radius 1 is 1.42 bits per heavy atom. The van der Waals surface area contributed by atoms with Crippen LogP contribution in [0.25, 0.3) is 11.0 Å². The lowest BCUT2D eigenvalue weighted by molar-refractivity contribution is -0.122. The first-order valence-corrected chi connectivity index (χ1v) is 7.10. The van der Waals surface area contributed by atoms with Crippen LogP contribution in [0.2, 0.25) is 0 Å². The number of benzene rings is 1. The number of ether oxygens (including phenoxy) is 1. The van der Waals surface area contributed by atoms with Crippen LogP contribution in [0.5, 0.6) is 0 Å². The van der Waals surface area contributed by atoms with Gasteiger partial charge in [0.25, 0.3) is 0 Å². The summed E-state index contributed by atoms with van der Waals surface area (Å²) in [6, 6.07) is 5.88. The fourth-order valence-electron chi connectivity index (χ4n) is 2.22. The van der Waals surface area contributed by atoms with E-state index in [2.05, 4.69) is 14.1 Å². The van der Waals surface area contributed by atoms with Crippen LogP contribution in [0.15, 0.2) is 18.2 Å². The van der Waals surface area contributed by atoms with Crippen molar-refractivity contribution in [2.24, 2.45) is 5.92 Å². The van der Waals surface area contributed by atoms with Crippen LogP contribution >= 0.6 is 11.7 Å². The van der Waals surface area contributed by atoms with Gasteiger partial charge in [0.15, 0.2) is 0 Å². The van der Waals surface area contributed by atoms with Gasteiger partial charge in [-0.2, -0.15) is 8.75 Å². The summed E-state index contributed by atoms with van der Waals surface area (Å²) in [5.41, 5.74) is 2.85. The van der Waals surface area contributed by atoms with Crippen LogP contribution in [-0.4, -0.2) is 27.9 Å². The summed E-state index contributed by atoms with van der Waals surface area (Å²) in [7, 11) is 0. The third-order valence-corrected chi connectivity index (χ3v) is 3.86. The van der Waals surface area contributed by atoms with Gasteiger partial charge in [-0.25, -0.2) is 0 Å². The SMILES string of the molecule is O=C(CC1CCOC1)NCc1ccc2nsnc2c1. The van der Waals surface area contributed by atoms with Gasteiger partial charge >= 0.3 is 0 Å². The maximum absolute atomic E-state index is 11.8. The minimum atomic E-state index is 0.0898. The summed E-state index contributed by atoms with van der Waals surface area (Å²) in [4.78, 5) is 11.8. The minimum absolute atomic E-state index is 0.0898. The van der Waals surface area contributed by atoms with Crippen molar-refractivity contribution in [3.63, 3.8) is 0 Å². The molecule has 2 aromatic rings. The van der Waals surface area contributed by atoms with Crippen LogP contribution in [0.3, 0.4) is 0 Å². The predicted octanol–water partition coefficient (Wildman–Crippen LogP) is 1.73. The second-order valence-electron chi connectivity index (χ2n) is 4.80. The molecule has 6 heteroatoms. The van der Waals surface area contributed by atoms with Crippen LogP contribution in [-0.2, 0) is 16.1 Å². The van der Waals surface area contributed by atoms with Gasteiger partial charge in [-0.1, -0.05) is 6.07 Å². The molecule has 1 aliphatic rings. The number of aromatic nitrogens is 2. The van der Waals surface area contributed by atoms with E-state index < -0.39 is 0 Å². The predicted molar refractivity (Wildman–Crippen MR) is 72.8 cm³/mol. The van der Waals surface area contributed by atoms with Gasteiger partial charge < -0.3 is 10.1 Å². The number of carbonyl (C=O) groups excluding carboxylic acids is 1. The Kier molecular flexibility index (Phi) is 3.70. The van der Waals surface area contributed by atoms with E-state index in [0.29, 0.717) is 25.5 Å². The van der Waals surface area contributed by atoms with Crippen molar-refractivity contribution in [1.29, 1.82) is 0 Å². The largest absolute Gasteiger partial charge is 0.381 e. The van der Waals surface area contributed by atoms with E-state index in [1.54, 1.807) is 0 Å². The third-order valence-electron chi connectivity index (χ3n) is 3.31. The maximum Gasteiger partial charge on any atom is 0.220 e. The summed E-state index contributed by atoms with van der Waals surface area (Å²) >= 11 is 1.21. The summed E-state index contributed by atoms with van der Waals surface area (Å²) in [5, 5.41) is 2.94.